The lowest BCUT2D eigenvalue weighted by Gasteiger charge is -2.08. The van der Waals surface area contributed by atoms with Gasteiger partial charge >= 0.3 is 0 Å². The molecule has 7 heteroatoms. The fourth-order valence-electron chi connectivity index (χ4n) is 2.16. The van der Waals surface area contributed by atoms with Gasteiger partial charge < -0.3 is 14.7 Å². The Morgan fingerprint density at radius 1 is 1.26 bits per heavy atom. The Balaban J connectivity index is 1.68. The summed E-state index contributed by atoms with van der Waals surface area (Å²) in [6.07, 6.45) is 2.93. The molecule has 3 rings (SSSR count). The van der Waals surface area contributed by atoms with E-state index in [1.807, 2.05) is 0 Å². The van der Waals surface area contributed by atoms with E-state index in [9.17, 15) is 14.3 Å². The standard InChI is InChI=1S/C16H14FN3O3/c1-20-8-13(14(21)16(20)22)15-18-6-12(7-19-15)23-9-10-2-4-11(17)5-3-10/h2-7,21H,8-9H2,1H3. The van der Waals surface area contributed by atoms with Crippen LogP contribution in [0.2, 0.25) is 0 Å². The number of hydrogen-bond acceptors (Lipinski definition) is 5. The molecule has 23 heavy (non-hydrogen) atoms. The van der Waals surface area contributed by atoms with Crippen LogP contribution in [0.3, 0.4) is 0 Å². The van der Waals surface area contributed by atoms with Crippen molar-refractivity contribution in [1.29, 1.82) is 0 Å². The molecular formula is C16H14FN3O3. The molecule has 6 nitrogen and oxygen atoms in total. The minimum Gasteiger partial charge on any atom is -0.503 e. The molecule has 0 bridgehead atoms. The molecular weight excluding hydrogens is 301 g/mol. The van der Waals surface area contributed by atoms with Gasteiger partial charge in [0.15, 0.2) is 17.3 Å². The van der Waals surface area contributed by atoms with Gasteiger partial charge in [0, 0.05) is 7.05 Å². The second-order valence-electron chi connectivity index (χ2n) is 5.15. The van der Waals surface area contributed by atoms with E-state index in [4.69, 9.17) is 4.74 Å². The van der Waals surface area contributed by atoms with Crippen LogP contribution in [-0.4, -0.2) is 39.5 Å². The highest BCUT2D eigenvalue weighted by Crippen LogP contribution is 2.23. The number of nitrogens with zero attached hydrogens (tertiary/aromatic N) is 3. The molecule has 0 spiro atoms. The van der Waals surface area contributed by atoms with Gasteiger partial charge in [0.05, 0.1) is 24.5 Å². The monoisotopic (exact) mass is 315 g/mol. The topological polar surface area (TPSA) is 75.6 Å². The van der Waals surface area contributed by atoms with Crippen LogP contribution in [0.15, 0.2) is 42.4 Å². The summed E-state index contributed by atoms with van der Waals surface area (Å²) < 4.78 is 18.3. The summed E-state index contributed by atoms with van der Waals surface area (Å²) in [5, 5.41) is 9.77. The first-order chi connectivity index (χ1) is 11.0. The van der Waals surface area contributed by atoms with Crippen molar-refractivity contribution >= 4 is 11.5 Å². The van der Waals surface area contributed by atoms with Crippen molar-refractivity contribution in [2.75, 3.05) is 13.6 Å². The van der Waals surface area contributed by atoms with Crippen molar-refractivity contribution in [3.05, 3.63) is 59.6 Å². The molecule has 0 atom stereocenters. The summed E-state index contributed by atoms with van der Waals surface area (Å²) in [6, 6.07) is 5.99. The third-order valence-electron chi connectivity index (χ3n) is 3.45. The van der Waals surface area contributed by atoms with E-state index in [0.717, 1.165) is 5.56 Å². The lowest BCUT2D eigenvalue weighted by atomic mass is 10.2. The maximum absolute atomic E-state index is 12.8. The van der Waals surface area contributed by atoms with Crippen LogP contribution >= 0.6 is 0 Å². The number of benzene rings is 1. The number of carbonyl (C=O) groups is 1. The van der Waals surface area contributed by atoms with Gasteiger partial charge in [0.2, 0.25) is 0 Å². The van der Waals surface area contributed by atoms with Gasteiger partial charge in [0.25, 0.3) is 5.91 Å². The van der Waals surface area contributed by atoms with Crippen LogP contribution in [0.1, 0.15) is 11.4 Å². The molecule has 0 unspecified atom stereocenters. The first-order valence-corrected chi connectivity index (χ1v) is 6.92. The molecule has 0 saturated heterocycles. The van der Waals surface area contributed by atoms with E-state index in [1.54, 1.807) is 19.2 Å². The third kappa shape index (κ3) is 3.13. The summed E-state index contributed by atoms with van der Waals surface area (Å²) in [5.41, 5.74) is 1.21. The van der Waals surface area contributed by atoms with Crippen LogP contribution in [0, 0.1) is 5.82 Å². The number of halogens is 1. The molecule has 1 aliphatic rings. The zero-order chi connectivity index (χ0) is 16.4. The lowest BCUT2D eigenvalue weighted by molar-refractivity contribution is -0.126. The molecule has 1 N–H and O–H groups in total. The summed E-state index contributed by atoms with van der Waals surface area (Å²) >= 11 is 0. The Morgan fingerprint density at radius 3 is 2.48 bits per heavy atom. The maximum atomic E-state index is 12.8. The van der Waals surface area contributed by atoms with Crippen molar-refractivity contribution in [2.45, 2.75) is 6.61 Å². The predicted molar refractivity (Wildman–Crippen MR) is 79.9 cm³/mol. The van der Waals surface area contributed by atoms with E-state index in [-0.39, 0.29) is 30.6 Å². The average Bonchev–Trinajstić information content (AvgIpc) is 2.82. The molecule has 1 aliphatic heterocycles. The van der Waals surface area contributed by atoms with E-state index in [2.05, 4.69) is 9.97 Å². The zero-order valence-corrected chi connectivity index (χ0v) is 12.4. The van der Waals surface area contributed by atoms with E-state index >= 15 is 0 Å². The molecule has 0 saturated carbocycles. The second kappa shape index (κ2) is 6.04. The molecule has 1 aromatic carbocycles. The number of carbonyl (C=O) groups excluding carboxylic acids is 1. The van der Waals surface area contributed by atoms with E-state index in [1.165, 1.54) is 29.4 Å². The highest BCUT2D eigenvalue weighted by Gasteiger charge is 2.29. The lowest BCUT2D eigenvalue weighted by Crippen LogP contribution is -2.21. The van der Waals surface area contributed by atoms with Gasteiger partial charge in [-0.1, -0.05) is 12.1 Å². The summed E-state index contributed by atoms with van der Waals surface area (Å²) in [6.45, 7) is 0.526. The number of ether oxygens (including phenoxy) is 1. The number of hydrogen-bond donors (Lipinski definition) is 1. The summed E-state index contributed by atoms with van der Waals surface area (Å²) in [7, 11) is 1.59. The molecule has 2 aromatic rings. The van der Waals surface area contributed by atoms with E-state index < -0.39 is 5.91 Å². The number of rotatable bonds is 4. The number of aliphatic hydroxyl groups is 1. The molecule has 1 amide bonds. The van der Waals surface area contributed by atoms with Crippen LogP contribution in [0.5, 0.6) is 5.75 Å². The van der Waals surface area contributed by atoms with Gasteiger partial charge in [-0.15, -0.1) is 0 Å². The molecule has 118 valence electrons. The predicted octanol–water partition coefficient (Wildman–Crippen LogP) is 1.94. The summed E-state index contributed by atoms with van der Waals surface area (Å²) in [4.78, 5) is 21.2. The normalized spacial score (nSPS) is 14.5. The van der Waals surface area contributed by atoms with Crippen molar-refractivity contribution in [3.8, 4) is 5.75 Å². The van der Waals surface area contributed by atoms with E-state index in [0.29, 0.717) is 11.3 Å². The molecule has 0 radical (unpaired) electrons. The SMILES string of the molecule is CN1CC(c2ncc(OCc3ccc(F)cc3)cn2)=C(O)C1=O. The van der Waals surface area contributed by atoms with Gasteiger partial charge in [-0.25, -0.2) is 14.4 Å². The quantitative estimate of drug-likeness (QED) is 0.933. The van der Waals surface area contributed by atoms with Gasteiger partial charge in [-0.2, -0.15) is 0 Å². The third-order valence-corrected chi connectivity index (χ3v) is 3.45. The number of amides is 1. The first kappa shape index (κ1) is 15.0. The van der Waals surface area contributed by atoms with Crippen molar-refractivity contribution in [3.63, 3.8) is 0 Å². The highest BCUT2D eigenvalue weighted by atomic mass is 19.1. The fraction of sp³-hybridized carbons (Fsp3) is 0.188. The molecule has 2 heterocycles. The zero-order valence-electron chi connectivity index (χ0n) is 12.4. The van der Waals surface area contributed by atoms with Crippen molar-refractivity contribution in [2.24, 2.45) is 0 Å². The molecule has 0 aliphatic carbocycles. The van der Waals surface area contributed by atoms with Crippen molar-refractivity contribution in [1.82, 2.24) is 14.9 Å². The van der Waals surface area contributed by atoms with Crippen molar-refractivity contribution < 1.29 is 19.0 Å². The number of likely N-dealkylation sites (N-methyl/N-ethyl adjacent to an activating group) is 1. The van der Waals surface area contributed by atoms with Gasteiger partial charge in [-0.05, 0) is 17.7 Å². The summed E-state index contributed by atoms with van der Waals surface area (Å²) in [5.74, 6) is -0.344. The average molecular weight is 315 g/mol. The fourth-order valence-corrected chi connectivity index (χ4v) is 2.16. The minimum atomic E-state index is -0.444. The van der Waals surface area contributed by atoms with Crippen LogP contribution < -0.4 is 4.74 Å². The van der Waals surface area contributed by atoms with Crippen LogP contribution in [0.4, 0.5) is 4.39 Å². The maximum Gasteiger partial charge on any atom is 0.289 e. The first-order valence-electron chi connectivity index (χ1n) is 6.92. The smallest absolute Gasteiger partial charge is 0.289 e. The Morgan fingerprint density at radius 2 is 1.91 bits per heavy atom. The van der Waals surface area contributed by atoms with Crippen LogP contribution in [-0.2, 0) is 11.4 Å². The van der Waals surface area contributed by atoms with Gasteiger partial charge in [0.1, 0.15) is 12.4 Å². The largest absolute Gasteiger partial charge is 0.503 e. The molecule has 0 fully saturated rings. The molecule has 1 aromatic heterocycles. The highest BCUT2D eigenvalue weighted by molar-refractivity contribution is 6.02. The Bertz CT molecular complexity index is 757. The Hall–Kier alpha value is -2.96. The minimum absolute atomic E-state index is 0.262. The number of aromatic nitrogens is 2. The van der Waals surface area contributed by atoms with Crippen LogP contribution in [0.25, 0.3) is 5.57 Å². The van der Waals surface area contributed by atoms with Gasteiger partial charge in [-0.3, -0.25) is 4.79 Å². The number of aliphatic hydroxyl groups excluding tert-OH is 1. The Kier molecular flexibility index (Phi) is 3.92. The Labute approximate surface area is 131 Å². The second-order valence-corrected chi connectivity index (χ2v) is 5.15.